The number of carbonyl (C=O) groups excluding carboxylic acids is 1. The van der Waals surface area contributed by atoms with Crippen LogP contribution in [0.2, 0.25) is 5.02 Å². The third-order valence-electron chi connectivity index (χ3n) is 3.74. The average Bonchev–Trinajstić information content (AvgIpc) is 2.85. The van der Waals surface area contributed by atoms with Crippen LogP contribution < -0.4 is 11.1 Å². The number of halogens is 2. The minimum atomic E-state index is -0.513. The number of nitrogens with one attached hydrogen (secondary N) is 1. The summed E-state index contributed by atoms with van der Waals surface area (Å²) in [4.78, 5) is 12.4. The van der Waals surface area contributed by atoms with E-state index < -0.39 is 5.82 Å². The molecule has 0 saturated carbocycles. The maximum absolute atomic E-state index is 13.1. The fraction of sp³-hybridized carbons (Fsp3) is 0.188. The molecule has 1 aliphatic rings. The van der Waals surface area contributed by atoms with Crippen molar-refractivity contribution in [1.29, 1.82) is 0 Å². The monoisotopic (exact) mass is 304 g/mol. The SMILES string of the molecule is N[C@H]1CCc2c(C(=O)Nc3ccc(F)c(Cl)c3)cccc21. The molecule has 5 heteroatoms. The molecule has 0 bridgehead atoms. The molecule has 1 aliphatic carbocycles. The van der Waals surface area contributed by atoms with E-state index in [1.807, 2.05) is 12.1 Å². The minimum absolute atomic E-state index is 0.00647. The summed E-state index contributed by atoms with van der Waals surface area (Å²) in [6.45, 7) is 0. The summed E-state index contributed by atoms with van der Waals surface area (Å²) in [5.74, 6) is -0.745. The predicted molar refractivity (Wildman–Crippen MR) is 81.1 cm³/mol. The van der Waals surface area contributed by atoms with Gasteiger partial charge in [0.05, 0.1) is 5.02 Å². The maximum atomic E-state index is 13.1. The number of amides is 1. The molecule has 0 aliphatic heterocycles. The highest BCUT2D eigenvalue weighted by atomic mass is 35.5. The molecule has 2 aromatic carbocycles. The Morgan fingerprint density at radius 2 is 2.14 bits per heavy atom. The Bertz CT molecular complexity index is 717. The van der Waals surface area contributed by atoms with Crippen molar-refractivity contribution in [2.75, 3.05) is 5.32 Å². The zero-order valence-corrected chi connectivity index (χ0v) is 12.0. The molecule has 21 heavy (non-hydrogen) atoms. The first-order valence-electron chi connectivity index (χ1n) is 6.70. The Hall–Kier alpha value is -1.91. The molecule has 3 nitrogen and oxygen atoms in total. The van der Waals surface area contributed by atoms with Crippen LogP contribution in [0.4, 0.5) is 10.1 Å². The van der Waals surface area contributed by atoms with E-state index in [0.29, 0.717) is 11.3 Å². The Morgan fingerprint density at radius 1 is 1.33 bits per heavy atom. The number of anilines is 1. The molecule has 0 radical (unpaired) electrons. The fourth-order valence-corrected chi connectivity index (χ4v) is 2.85. The predicted octanol–water partition coefficient (Wildman–Crippen LogP) is 3.68. The van der Waals surface area contributed by atoms with Gasteiger partial charge in [-0.2, -0.15) is 0 Å². The van der Waals surface area contributed by atoms with E-state index in [-0.39, 0.29) is 17.0 Å². The van der Waals surface area contributed by atoms with Gasteiger partial charge in [-0.25, -0.2) is 4.39 Å². The van der Waals surface area contributed by atoms with Crippen LogP contribution in [0.15, 0.2) is 36.4 Å². The van der Waals surface area contributed by atoms with Crippen molar-refractivity contribution < 1.29 is 9.18 Å². The molecule has 108 valence electrons. The van der Waals surface area contributed by atoms with Crippen LogP contribution in [0.1, 0.15) is 33.9 Å². The second-order valence-electron chi connectivity index (χ2n) is 5.10. The van der Waals surface area contributed by atoms with Gasteiger partial charge in [0.15, 0.2) is 0 Å². The van der Waals surface area contributed by atoms with E-state index in [9.17, 15) is 9.18 Å². The quantitative estimate of drug-likeness (QED) is 0.889. The van der Waals surface area contributed by atoms with E-state index in [1.54, 1.807) is 6.07 Å². The van der Waals surface area contributed by atoms with Gasteiger partial charge in [0.2, 0.25) is 0 Å². The van der Waals surface area contributed by atoms with E-state index in [1.165, 1.54) is 18.2 Å². The molecule has 0 fully saturated rings. The molecule has 0 heterocycles. The van der Waals surface area contributed by atoms with Gasteiger partial charge < -0.3 is 11.1 Å². The number of carbonyl (C=O) groups is 1. The lowest BCUT2D eigenvalue weighted by Gasteiger charge is -2.10. The Balaban J connectivity index is 1.88. The third kappa shape index (κ3) is 2.64. The lowest BCUT2D eigenvalue weighted by Crippen LogP contribution is -2.14. The van der Waals surface area contributed by atoms with Gasteiger partial charge in [-0.3, -0.25) is 4.79 Å². The highest BCUT2D eigenvalue weighted by Gasteiger charge is 2.24. The van der Waals surface area contributed by atoms with E-state index in [2.05, 4.69) is 5.32 Å². The van der Waals surface area contributed by atoms with Gasteiger partial charge >= 0.3 is 0 Å². The number of rotatable bonds is 2. The van der Waals surface area contributed by atoms with Gasteiger partial charge in [0.1, 0.15) is 5.82 Å². The van der Waals surface area contributed by atoms with E-state index in [4.69, 9.17) is 17.3 Å². The van der Waals surface area contributed by atoms with Crippen molar-refractivity contribution in [1.82, 2.24) is 0 Å². The van der Waals surface area contributed by atoms with Gasteiger partial charge in [-0.05, 0) is 48.2 Å². The second-order valence-corrected chi connectivity index (χ2v) is 5.51. The molecule has 0 spiro atoms. The molecular formula is C16H14ClFN2O. The number of nitrogens with two attached hydrogens (primary N) is 1. The van der Waals surface area contributed by atoms with Crippen LogP contribution in [0.3, 0.4) is 0 Å². The van der Waals surface area contributed by atoms with Gasteiger partial charge in [0.25, 0.3) is 5.91 Å². The van der Waals surface area contributed by atoms with Crippen molar-refractivity contribution in [2.45, 2.75) is 18.9 Å². The highest BCUT2D eigenvalue weighted by Crippen LogP contribution is 2.32. The molecule has 1 atom stereocenters. The number of benzene rings is 2. The van der Waals surface area contributed by atoms with Gasteiger partial charge in [0, 0.05) is 17.3 Å². The summed E-state index contributed by atoms with van der Waals surface area (Å²) in [5.41, 5.74) is 9.11. The number of hydrogen-bond donors (Lipinski definition) is 2. The number of fused-ring (bicyclic) bond motifs is 1. The van der Waals surface area contributed by atoms with Crippen molar-refractivity contribution >= 4 is 23.2 Å². The normalized spacial score (nSPS) is 16.6. The van der Waals surface area contributed by atoms with Gasteiger partial charge in [-0.15, -0.1) is 0 Å². The first-order valence-corrected chi connectivity index (χ1v) is 7.08. The molecule has 0 aromatic heterocycles. The Labute approximate surface area is 126 Å². The zero-order chi connectivity index (χ0) is 15.0. The van der Waals surface area contributed by atoms with Crippen LogP contribution in [0.5, 0.6) is 0 Å². The van der Waals surface area contributed by atoms with Crippen molar-refractivity contribution in [3.05, 3.63) is 63.9 Å². The lowest BCUT2D eigenvalue weighted by molar-refractivity contribution is 0.102. The molecule has 0 saturated heterocycles. The van der Waals surface area contributed by atoms with E-state index in [0.717, 1.165) is 24.0 Å². The molecule has 3 rings (SSSR count). The average molecular weight is 305 g/mol. The van der Waals surface area contributed by atoms with Gasteiger partial charge in [-0.1, -0.05) is 23.7 Å². The molecule has 0 unspecified atom stereocenters. The number of hydrogen-bond acceptors (Lipinski definition) is 2. The third-order valence-corrected chi connectivity index (χ3v) is 4.03. The molecule has 3 N–H and O–H groups in total. The highest BCUT2D eigenvalue weighted by molar-refractivity contribution is 6.31. The summed E-state index contributed by atoms with van der Waals surface area (Å²) in [7, 11) is 0. The molecule has 1 amide bonds. The maximum Gasteiger partial charge on any atom is 0.255 e. The minimum Gasteiger partial charge on any atom is -0.324 e. The van der Waals surface area contributed by atoms with E-state index >= 15 is 0 Å². The second kappa shape index (κ2) is 5.47. The Morgan fingerprint density at radius 3 is 2.90 bits per heavy atom. The molecule has 2 aromatic rings. The van der Waals surface area contributed by atoms with Crippen LogP contribution in [0, 0.1) is 5.82 Å². The summed E-state index contributed by atoms with van der Waals surface area (Å²) in [6.07, 6.45) is 1.65. The van der Waals surface area contributed by atoms with Crippen molar-refractivity contribution in [3.8, 4) is 0 Å². The largest absolute Gasteiger partial charge is 0.324 e. The summed E-state index contributed by atoms with van der Waals surface area (Å²) in [6, 6.07) is 9.65. The topological polar surface area (TPSA) is 55.1 Å². The standard InChI is InChI=1S/C16H14ClFN2O/c17-13-8-9(4-6-14(13)18)20-16(21)12-3-1-2-11-10(12)5-7-15(11)19/h1-4,6,8,15H,5,7,19H2,(H,20,21)/t15-/m0/s1. The first-order chi connectivity index (χ1) is 10.1. The van der Waals surface area contributed by atoms with Crippen molar-refractivity contribution in [2.24, 2.45) is 5.73 Å². The first kappa shape index (κ1) is 14.0. The summed E-state index contributed by atoms with van der Waals surface area (Å²) in [5, 5.41) is 2.72. The smallest absolute Gasteiger partial charge is 0.255 e. The Kier molecular flexibility index (Phi) is 3.66. The lowest BCUT2D eigenvalue weighted by atomic mass is 10.0. The fourth-order valence-electron chi connectivity index (χ4n) is 2.67. The van der Waals surface area contributed by atoms with Crippen LogP contribution in [-0.2, 0) is 6.42 Å². The van der Waals surface area contributed by atoms with Crippen LogP contribution in [0.25, 0.3) is 0 Å². The van der Waals surface area contributed by atoms with Crippen LogP contribution >= 0.6 is 11.6 Å². The summed E-state index contributed by atoms with van der Waals surface area (Å²) < 4.78 is 13.1. The molecular weight excluding hydrogens is 291 g/mol. The van der Waals surface area contributed by atoms with Crippen molar-refractivity contribution in [3.63, 3.8) is 0 Å². The zero-order valence-electron chi connectivity index (χ0n) is 11.2. The van der Waals surface area contributed by atoms with Crippen LogP contribution in [-0.4, -0.2) is 5.91 Å². The summed E-state index contributed by atoms with van der Waals surface area (Å²) >= 11 is 5.71.